The van der Waals surface area contributed by atoms with Gasteiger partial charge in [-0.05, 0) is 36.4 Å². The highest BCUT2D eigenvalue weighted by Crippen LogP contribution is 2.15. The number of halogens is 1. The third-order valence-corrected chi connectivity index (χ3v) is 2.33. The third-order valence-electron chi connectivity index (χ3n) is 2.07. The average molecular weight is 311 g/mol. The summed E-state index contributed by atoms with van der Waals surface area (Å²) in [6.45, 7) is 14.3. The summed E-state index contributed by atoms with van der Waals surface area (Å²) < 4.78 is 1.14. The summed E-state index contributed by atoms with van der Waals surface area (Å²) in [5, 5.41) is 0. The quantitative estimate of drug-likeness (QED) is 0.530. The molecule has 1 heteroatoms. The topological polar surface area (TPSA) is 0 Å². The van der Waals surface area contributed by atoms with Gasteiger partial charge in [0.2, 0.25) is 0 Å². The highest BCUT2D eigenvalue weighted by atomic mass is 79.9. The first-order valence-corrected chi connectivity index (χ1v) is 7.46. The van der Waals surface area contributed by atoms with E-state index in [1.165, 1.54) is 16.7 Å². The largest absolute Gasteiger partial charge is 0.0683 e. The van der Waals surface area contributed by atoms with E-state index >= 15 is 0 Å². The Kier molecular flexibility index (Phi) is 13.7. The number of hydrogen-bond donors (Lipinski definition) is 0. The fraction of sp³-hybridized carbons (Fsp3) is 0.412. The summed E-state index contributed by atoms with van der Waals surface area (Å²) in [5.74, 6) is 0. The van der Waals surface area contributed by atoms with E-state index in [1.807, 2.05) is 34.6 Å². The SMILES string of the molecule is C/C(Br)=C\C=C(/C)c1ccc(C)cc1.CC.CC. The van der Waals surface area contributed by atoms with Crippen molar-refractivity contribution < 1.29 is 0 Å². The Hall–Kier alpha value is -0.820. The zero-order chi connectivity index (χ0) is 14.6. The molecule has 0 atom stereocenters. The van der Waals surface area contributed by atoms with Crippen LogP contribution < -0.4 is 0 Å². The van der Waals surface area contributed by atoms with Crippen LogP contribution >= 0.6 is 15.9 Å². The first-order valence-electron chi connectivity index (χ1n) is 6.67. The van der Waals surface area contributed by atoms with E-state index in [-0.39, 0.29) is 0 Å². The van der Waals surface area contributed by atoms with Crippen molar-refractivity contribution >= 4 is 21.5 Å². The molecular weight excluding hydrogens is 284 g/mol. The van der Waals surface area contributed by atoms with E-state index in [4.69, 9.17) is 0 Å². The molecule has 0 aliphatic heterocycles. The maximum absolute atomic E-state index is 3.40. The summed E-state index contributed by atoms with van der Waals surface area (Å²) in [4.78, 5) is 0. The van der Waals surface area contributed by atoms with Crippen molar-refractivity contribution in [3.8, 4) is 0 Å². The van der Waals surface area contributed by atoms with Crippen LogP contribution in [0.1, 0.15) is 52.7 Å². The molecule has 0 fully saturated rings. The van der Waals surface area contributed by atoms with E-state index in [0.717, 1.165) is 4.48 Å². The van der Waals surface area contributed by atoms with Crippen LogP contribution in [0.15, 0.2) is 40.9 Å². The van der Waals surface area contributed by atoms with Gasteiger partial charge in [0.05, 0.1) is 0 Å². The lowest BCUT2D eigenvalue weighted by Crippen LogP contribution is -1.79. The normalized spacial score (nSPS) is 10.9. The van der Waals surface area contributed by atoms with Crippen LogP contribution in [0.3, 0.4) is 0 Å². The Labute approximate surface area is 122 Å². The van der Waals surface area contributed by atoms with Crippen molar-refractivity contribution in [1.29, 1.82) is 0 Å². The molecule has 1 rings (SSSR count). The molecule has 102 valence electrons. The predicted molar refractivity (Wildman–Crippen MR) is 90.2 cm³/mol. The third kappa shape index (κ3) is 9.23. The number of hydrogen-bond acceptors (Lipinski definition) is 0. The van der Waals surface area contributed by atoms with Crippen molar-refractivity contribution in [3.05, 3.63) is 52.0 Å². The summed E-state index contributed by atoms with van der Waals surface area (Å²) in [6.07, 6.45) is 4.18. The molecule has 0 aromatic heterocycles. The van der Waals surface area contributed by atoms with Gasteiger partial charge in [-0.3, -0.25) is 0 Å². The lowest BCUT2D eigenvalue weighted by Gasteiger charge is -2.00. The molecule has 0 heterocycles. The van der Waals surface area contributed by atoms with Crippen LogP contribution in [0.5, 0.6) is 0 Å². The summed E-state index contributed by atoms with van der Waals surface area (Å²) in [7, 11) is 0. The molecule has 0 nitrogen and oxygen atoms in total. The Balaban J connectivity index is 0. The zero-order valence-electron chi connectivity index (χ0n) is 12.8. The molecular formula is C17H27Br. The fourth-order valence-corrected chi connectivity index (χ4v) is 1.28. The molecule has 0 aliphatic carbocycles. The fourth-order valence-electron chi connectivity index (χ4n) is 1.15. The second kappa shape index (κ2) is 12.6. The molecule has 0 N–H and O–H groups in total. The van der Waals surface area contributed by atoms with E-state index in [9.17, 15) is 0 Å². The molecule has 0 amide bonds. The van der Waals surface area contributed by atoms with Gasteiger partial charge in [0.1, 0.15) is 0 Å². The van der Waals surface area contributed by atoms with Gasteiger partial charge in [-0.25, -0.2) is 0 Å². The number of rotatable bonds is 2. The number of allylic oxidation sites excluding steroid dienone is 4. The molecule has 0 saturated carbocycles. The predicted octanol–water partition coefficient (Wildman–Crippen LogP) is 6.75. The summed E-state index contributed by atoms with van der Waals surface area (Å²) >= 11 is 3.40. The minimum atomic E-state index is 1.14. The van der Waals surface area contributed by atoms with Crippen LogP contribution in [-0.2, 0) is 0 Å². The summed E-state index contributed by atoms with van der Waals surface area (Å²) in [5.41, 5.74) is 3.86. The maximum Gasteiger partial charge on any atom is -0.00803 e. The lowest BCUT2D eigenvalue weighted by molar-refractivity contribution is 1.44. The Morgan fingerprint density at radius 3 is 1.72 bits per heavy atom. The minimum Gasteiger partial charge on any atom is -0.0683 e. The van der Waals surface area contributed by atoms with Gasteiger partial charge in [0.25, 0.3) is 0 Å². The van der Waals surface area contributed by atoms with Crippen LogP contribution in [0.4, 0.5) is 0 Å². The second-order valence-electron chi connectivity index (χ2n) is 3.47. The average Bonchev–Trinajstić information content (AvgIpc) is 2.41. The zero-order valence-corrected chi connectivity index (χ0v) is 14.4. The highest BCUT2D eigenvalue weighted by Gasteiger charge is 1.93. The first-order chi connectivity index (χ1) is 8.59. The molecule has 0 spiro atoms. The van der Waals surface area contributed by atoms with Gasteiger partial charge in [0.15, 0.2) is 0 Å². The van der Waals surface area contributed by atoms with Crippen LogP contribution in [0.25, 0.3) is 5.57 Å². The molecule has 0 radical (unpaired) electrons. The Bertz CT molecular complexity index is 352. The molecule has 1 aromatic carbocycles. The Morgan fingerprint density at radius 2 is 1.33 bits per heavy atom. The highest BCUT2D eigenvalue weighted by molar-refractivity contribution is 9.11. The van der Waals surface area contributed by atoms with E-state index in [2.05, 4.69) is 66.2 Å². The van der Waals surface area contributed by atoms with Gasteiger partial charge in [-0.2, -0.15) is 0 Å². The van der Waals surface area contributed by atoms with Crippen molar-refractivity contribution in [3.63, 3.8) is 0 Å². The lowest BCUT2D eigenvalue weighted by atomic mass is 10.1. The smallest absolute Gasteiger partial charge is 0.00803 e. The van der Waals surface area contributed by atoms with Gasteiger partial charge < -0.3 is 0 Å². The van der Waals surface area contributed by atoms with Gasteiger partial charge >= 0.3 is 0 Å². The molecule has 0 saturated heterocycles. The van der Waals surface area contributed by atoms with Crippen molar-refractivity contribution in [2.24, 2.45) is 0 Å². The first kappa shape index (κ1) is 19.5. The van der Waals surface area contributed by atoms with E-state index in [1.54, 1.807) is 0 Å². The molecule has 0 aliphatic rings. The minimum absolute atomic E-state index is 1.14. The number of aryl methyl sites for hydroxylation is 1. The van der Waals surface area contributed by atoms with Crippen molar-refractivity contribution in [2.45, 2.75) is 48.5 Å². The molecule has 18 heavy (non-hydrogen) atoms. The van der Waals surface area contributed by atoms with E-state index in [0.29, 0.717) is 0 Å². The second-order valence-corrected chi connectivity index (χ2v) is 4.72. The van der Waals surface area contributed by atoms with Crippen LogP contribution in [0, 0.1) is 6.92 Å². The van der Waals surface area contributed by atoms with Crippen molar-refractivity contribution in [2.75, 3.05) is 0 Å². The van der Waals surface area contributed by atoms with Crippen LogP contribution in [-0.4, -0.2) is 0 Å². The monoisotopic (exact) mass is 310 g/mol. The standard InChI is InChI=1S/C13H15Br.2C2H6/c1-10-4-8-13(9-5-10)11(2)6-7-12(3)14;2*1-2/h4-9H,1-3H3;2*1-2H3/b11-6+,12-7+;;. The van der Waals surface area contributed by atoms with Gasteiger partial charge in [-0.15, -0.1) is 0 Å². The summed E-state index contributed by atoms with van der Waals surface area (Å²) in [6, 6.07) is 8.58. The van der Waals surface area contributed by atoms with Gasteiger partial charge in [-0.1, -0.05) is 85.6 Å². The van der Waals surface area contributed by atoms with Gasteiger partial charge in [0, 0.05) is 0 Å². The molecule has 0 bridgehead atoms. The Morgan fingerprint density at radius 1 is 0.889 bits per heavy atom. The number of benzene rings is 1. The molecule has 0 unspecified atom stereocenters. The van der Waals surface area contributed by atoms with Crippen LogP contribution in [0.2, 0.25) is 0 Å². The van der Waals surface area contributed by atoms with Crippen molar-refractivity contribution in [1.82, 2.24) is 0 Å². The van der Waals surface area contributed by atoms with E-state index < -0.39 is 0 Å². The molecule has 1 aromatic rings. The maximum atomic E-state index is 3.40.